The first-order chi connectivity index (χ1) is 10.1. The van der Waals surface area contributed by atoms with Crippen molar-refractivity contribution in [1.82, 2.24) is 9.36 Å². The maximum atomic E-state index is 12.7. The van der Waals surface area contributed by atoms with E-state index >= 15 is 0 Å². The molecule has 7 nitrogen and oxygen atoms in total. The van der Waals surface area contributed by atoms with E-state index in [9.17, 15) is 13.2 Å². The lowest BCUT2D eigenvalue weighted by atomic mass is 10.2. The van der Waals surface area contributed by atoms with Gasteiger partial charge in [-0.3, -0.25) is 14.0 Å². The Hall–Kier alpha value is -2.06. The van der Waals surface area contributed by atoms with Crippen LogP contribution in [0.25, 0.3) is 5.69 Å². The normalized spacial score (nSPS) is 11.7. The van der Waals surface area contributed by atoms with Gasteiger partial charge in [-0.05, 0) is 31.5 Å². The van der Waals surface area contributed by atoms with Gasteiger partial charge in [0, 0.05) is 14.1 Å². The number of aromatic nitrogens is 2. The number of aryl methyl sites for hydroxylation is 1. The van der Waals surface area contributed by atoms with Crippen LogP contribution in [0.5, 0.6) is 0 Å². The second kappa shape index (κ2) is 5.62. The number of nitrogens with zero attached hydrogens (tertiary/aromatic N) is 3. The third-order valence-corrected chi connectivity index (χ3v) is 4.22. The number of rotatable bonds is 4. The molecule has 0 radical (unpaired) electrons. The van der Waals surface area contributed by atoms with E-state index in [4.69, 9.17) is 4.55 Å². The molecule has 1 aromatic heterocycles. The van der Waals surface area contributed by atoms with Crippen LogP contribution in [0.2, 0.25) is 0 Å². The molecule has 8 heteroatoms. The van der Waals surface area contributed by atoms with Crippen LogP contribution in [-0.2, 0) is 17.2 Å². The zero-order chi connectivity index (χ0) is 16.7. The Labute approximate surface area is 129 Å². The molecule has 0 amide bonds. The van der Waals surface area contributed by atoms with Crippen LogP contribution < -0.4 is 10.5 Å². The van der Waals surface area contributed by atoms with Crippen LogP contribution in [0.4, 0.5) is 5.69 Å². The van der Waals surface area contributed by atoms with Gasteiger partial charge in [-0.15, -0.1) is 0 Å². The van der Waals surface area contributed by atoms with E-state index in [2.05, 4.69) is 0 Å². The Morgan fingerprint density at radius 1 is 1.27 bits per heavy atom. The zero-order valence-corrected chi connectivity index (χ0v) is 13.8. The van der Waals surface area contributed by atoms with Gasteiger partial charge in [-0.25, -0.2) is 4.68 Å². The molecule has 22 heavy (non-hydrogen) atoms. The SMILES string of the molecule is Cc1cccc(-n2c(=O)c(N(C)CS(=O)(=O)O)c(C)n2C)c1. The van der Waals surface area contributed by atoms with Gasteiger partial charge in [-0.1, -0.05) is 12.1 Å². The summed E-state index contributed by atoms with van der Waals surface area (Å²) in [5.41, 5.74) is 2.22. The highest BCUT2D eigenvalue weighted by molar-refractivity contribution is 7.85. The molecule has 0 aliphatic rings. The van der Waals surface area contributed by atoms with Crippen LogP contribution in [-0.4, -0.2) is 35.3 Å². The second-order valence-electron chi connectivity index (χ2n) is 5.32. The monoisotopic (exact) mass is 325 g/mol. The summed E-state index contributed by atoms with van der Waals surface area (Å²) in [6, 6.07) is 7.45. The van der Waals surface area contributed by atoms with Crippen LogP contribution >= 0.6 is 0 Å². The van der Waals surface area contributed by atoms with Crippen molar-refractivity contribution in [3.05, 3.63) is 45.9 Å². The molecule has 0 atom stereocenters. The van der Waals surface area contributed by atoms with Crippen molar-refractivity contribution in [3.63, 3.8) is 0 Å². The van der Waals surface area contributed by atoms with Gasteiger partial charge in [0.15, 0.2) is 0 Å². The fourth-order valence-electron chi connectivity index (χ4n) is 2.49. The van der Waals surface area contributed by atoms with Crippen molar-refractivity contribution in [3.8, 4) is 5.69 Å². The van der Waals surface area contributed by atoms with E-state index in [1.807, 2.05) is 25.1 Å². The maximum Gasteiger partial charge on any atom is 0.295 e. The molecule has 0 unspecified atom stereocenters. The van der Waals surface area contributed by atoms with Crippen molar-refractivity contribution in [2.75, 3.05) is 17.8 Å². The van der Waals surface area contributed by atoms with Gasteiger partial charge >= 0.3 is 0 Å². The number of hydrogen-bond acceptors (Lipinski definition) is 4. The van der Waals surface area contributed by atoms with Crippen molar-refractivity contribution in [2.45, 2.75) is 13.8 Å². The summed E-state index contributed by atoms with van der Waals surface area (Å²) < 4.78 is 34.2. The van der Waals surface area contributed by atoms with Gasteiger partial charge in [0.2, 0.25) is 0 Å². The quantitative estimate of drug-likeness (QED) is 0.850. The van der Waals surface area contributed by atoms with Crippen molar-refractivity contribution < 1.29 is 13.0 Å². The number of anilines is 1. The minimum absolute atomic E-state index is 0.238. The van der Waals surface area contributed by atoms with Crippen LogP contribution in [0.1, 0.15) is 11.3 Å². The van der Waals surface area contributed by atoms with Crippen LogP contribution in [0, 0.1) is 13.8 Å². The lowest BCUT2D eigenvalue weighted by Gasteiger charge is -2.15. The van der Waals surface area contributed by atoms with E-state index in [0.717, 1.165) is 5.56 Å². The molecule has 0 fully saturated rings. The summed E-state index contributed by atoms with van der Waals surface area (Å²) in [5.74, 6) is -0.638. The van der Waals surface area contributed by atoms with Gasteiger partial charge in [0.05, 0.1) is 11.4 Å². The standard InChI is InChI=1S/C14H19N3O4S/c1-10-6-5-7-12(8-10)17-14(18)13(11(2)16(17)4)15(3)9-22(19,20)21/h5-8H,9H2,1-4H3,(H,19,20,21). The van der Waals surface area contributed by atoms with Crippen LogP contribution in [0.15, 0.2) is 29.1 Å². The van der Waals surface area contributed by atoms with E-state index in [1.165, 1.54) is 16.6 Å². The molecule has 0 aliphatic carbocycles. The van der Waals surface area contributed by atoms with E-state index in [0.29, 0.717) is 11.4 Å². The summed E-state index contributed by atoms with van der Waals surface area (Å²) in [6.07, 6.45) is 0. The predicted molar refractivity (Wildman–Crippen MR) is 85.3 cm³/mol. The molecule has 0 aliphatic heterocycles. The molecule has 2 rings (SSSR count). The van der Waals surface area contributed by atoms with Gasteiger partial charge in [0.25, 0.3) is 15.7 Å². The minimum Gasteiger partial charge on any atom is -0.353 e. The zero-order valence-electron chi connectivity index (χ0n) is 12.9. The maximum absolute atomic E-state index is 12.7. The Morgan fingerprint density at radius 2 is 1.91 bits per heavy atom. The Bertz CT molecular complexity index is 865. The topological polar surface area (TPSA) is 84.5 Å². The molecule has 1 N–H and O–H groups in total. The molecule has 1 aromatic carbocycles. The smallest absolute Gasteiger partial charge is 0.295 e. The summed E-state index contributed by atoms with van der Waals surface area (Å²) in [4.78, 5) is 13.9. The Morgan fingerprint density at radius 3 is 2.45 bits per heavy atom. The molecule has 0 saturated carbocycles. The van der Waals surface area contributed by atoms with E-state index in [1.54, 1.807) is 24.7 Å². The Kier molecular flexibility index (Phi) is 4.17. The average molecular weight is 325 g/mol. The lowest BCUT2D eigenvalue weighted by Crippen LogP contribution is -2.30. The van der Waals surface area contributed by atoms with Crippen LogP contribution in [0.3, 0.4) is 0 Å². The van der Waals surface area contributed by atoms with Gasteiger partial charge in [0.1, 0.15) is 11.6 Å². The third kappa shape index (κ3) is 3.07. The molecular weight excluding hydrogens is 306 g/mol. The fourth-order valence-corrected chi connectivity index (χ4v) is 3.11. The summed E-state index contributed by atoms with van der Waals surface area (Å²) in [5, 5.41) is 0. The number of benzene rings is 1. The minimum atomic E-state index is -4.21. The first kappa shape index (κ1) is 16.3. The molecular formula is C14H19N3O4S. The van der Waals surface area contributed by atoms with Crippen molar-refractivity contribution in [2.24, 2.45) is 7.05 Å². The van der Waals surface area contributed by atoms with Gasteiger partial charge < -0.3 is 4.90 Å². The first-order valence-corrected chi connectivity index (χ1v) is 8.24. The van der Waals surface area contributed by atoms with Crippen molar-refractivity contribution in [1.29, 1.82) is 0 Å². The molecule has 2 aromatic rings. The highest BCUT2D eigenvalue weighted by Gasteiger charge is 2.22. The van der Waals surface area contributed by atoms with Crippen molar-refractivity contribution >= 4 is 15.8 Å². The second-order valence-corrected chi connectivity index (χ2v) is 6.74. The summed E-state index contributed by atoms with van der Waals surface area (Å²) in [7, 11) is -1.03. The summed E-state index contributed by atoms with van der Waals surface area (Å²) >= 11 is 0. The number of hydrogen-bond donors (Lipinski definition) is 1. The molecule has 0 spiro atoms. The predicted octanol–water partition coefficient (Wildman–Crippen LogP) is 1.07. The molecule has 0 bridgehead atoms. The lowest BCUT2D eigenvalue weighted by molar-refractivity contribution is 0.482. The Balaban J connectivity index is 2.61. The van der Waals surface area contributed by atoms with Gasteiger partial charge in [-0.2, -0.15) is 8.42 Å². The molecule has 1 heterocycles. The average Bonchev–Trinajstić information content (AvgIpc) is 2.58. The third-order valence-electron chi connectivity index (χ3n) is 3.51. The highest BCUT2D eigenvalue weighted by Crippen LogP contribution is 2.18. The summed E-state index contributed by atoms with van der Waals surface area (Å²) in [6.45, 7) is 3.65. The first-order valence-electron chi connectivity index (χ1n) is 6.64. The fraction of sp³-hybridized carbons (Fsp3) is 0.357. The van der Waals surface area contributed by atoms with E-state index in [-0.39, 0.29) is 11.2 Å². The molecule has 120 valence electrons. The molecule has 0 saturated heterocycles. The highest BCUT2D eigenvalue weighted by atomic mass is 32.2. The van der Waals surface area contributed by atoms with E-state index < -0.39 is 16.0 Å². The largest absolute Gasteiger partial charge is 0.353 e.